The second-order valence-corrected chi connectivity index (χ2v) is 6.27. The topological polar surface area (TPSA) is 90.5 Å². The number of nitrogens with zero attached hydrogens (tertiary/aromatic N) is 4. The fraction of sp³-hybridized carbons (Fsp3) is 0.333. The Kier molecular flexibility index (Phi) is 5.43. The second-order valence-electron chi connectivity index (χ2n) is 6.27. The third kappa shape index (κ3) is 4.54. The van der Waals surface area contributed by atoms with Crippen molar-refractivity contribution in [2.45, 2.75) is 6.92 Å². The summed E-state index contributed by atoms with van der Waals surface area (Å²) in [5, 5.41) is 5.86. The normalized spacial score (nSPS) is 14.8. The van der Waals surface area contributed by atoms with Crippen molar-refractivity contribution in [3.05, 3.63) is 42.4 Å². The number of hydrogen-bond acceptors (Lipinski definition) is 6. The van der Waals surface area contributed by atoms with Crippen molar-refractivity contribution in [1.29, 1.82) is 0 Å². The molecule has 8 nitrogen and oxygen atoms in total. The molecule has 0 aliphatic carbocycles. The highest BCUT2D eigenvalue weighted by atomic mass is 16.2. The monoisotopic (exact) mass is 354 g/mol. The Hall–Kier alpha value is -3.00. The number of nitrogens with one attached hydrogen (secondary N) is 2. The predicted octanol–water partition coefficient (Wildman–Crippen LogP) is 1.57. The van der Waals surface area contributed by atoms with Crippen LogP contribution in [0.2, 0.25) is 0 Å². The van der Waals surface area contributed by atoms with Gasteiger partial charge in [-0.15, -0.1) is 0 Å². The van der Waals surface area contributed by atoms with Gasteiger partial charge in [0.15, 0.2) is 0 Å². The Morgan fingerprint density at radius 2 is 1.65 bits per heavy atom. The summed E-state index contributed by atoms with van der Waals surface area (Å²) < 4.78 is 0. The average Bonchev–Trinajstić information content (AvgIpc) is 2.63. The molecule has 2 amide bonds. The minimum absolute atomic E-state index is 0.0791. The van der Waals surface area contributed by atoms with E-state index in [9.17, 15) is 9.59 Å². The van der Waals surface area contributed by atoms with Crippen molar-refractivity contribution in [1.82, 2.24) is 19.8 Å². The van der Waals surface area contributed by atoms with E-state index in [0.717, 1.165) is 24.5 Å². The minimum Gasteiger partial charge on any atom is -0.340 e. The SMILES string of the molecule is CC(=O)Nc1ccc(Nc2cc(C(=O)N3CCN(C)CC3)ncn2)cc1. The standard InChI is InChI=1S/C18H22N6O2/c1-13(25)21-14-3-5-15(6-4-14)22-17-11-16(19-12-20-17)18(26)24-9-7-23(2)8-10-24/h3-6,11-12H,7-10H2,1-2H3,(H,21,25)(H,19,20,22). The summed E-state index contributed by atoms with van der Waals surface area (Å²) in [7, 11) is 2.05. The van der Waals surface area contributed by atoms with Crippen LogP contribution in [0.4, 0.5) is 17.2 Å². The highest BCUT2D eigenvalue weighted by molar-refractivity contribution is 5.93. The van der Waals surface area contributed by atoms with Gasteiger partial charge in [-0.2, -0.15) is 0 Å². The molecule has 2 N–H and O–H groups in total. The van der Waals surface area contributed by atoms with E-state index in [2.05, 4.69) is 25.5 Å². The van der Waals surface area contributed by atoms with Crippen LogP contribution in [0.5, 0.6) is 0 Å². The number of hydrogen-bond donors (Lipinski definition) is 2. The van der Waals surface area contributed by atoms with Gasteiger partial charge in [0.1, 0.15) is 17.8 Å². The maximum absolute atomic E-state index is 12.6. The van der Waals surface area contributed by atoms with Gasteiger partial charge >= 0.3 is 0 Å². The third-order valence-electron chi connectivity index (χ3n) is 4.15. The number of amides is 2. The predicted molar refractivity (Wildman–Crippen MR) is 99.5 cm³/mol. The van der Waals surface area contributed by atoms with Gasteiger partial charge < -0.3 is 20.4 Å². The zero-order valence-corrected chi connectivity index (χ0v) is 14.9. The summed E-state index contributed by atoms with van der Waals surface area (Å²) in [5.74, 6) is 0.350. The third-order valence-corrected chi connectivity index (χ3v) is 4.15. The molecule has 1 fully saturated rings. The molecule has 1 aliphatic heterocycles. The largest absolute Gasteiger partial charge is 0.340 e. The van der Waals surface area contributed by atoms with Crippen LogP contribution >= 0.6 is 0 Å². The molecular weight excluding hydrogens is 332 g/mol. The molecule has 0 radical (unpaired) electrons. The van der Waals surface area contributed by atoms with E-state index >= 15 is 0 Å². The van der Waals surface area contributed by atoms with E-state index in [1.54, 1.807) is 18.2 Å². The maximum atomic E-state index is 12.6. The molecule has 1 aliphatic rings. The van der Waals surface area contributed by atoms with E-state index in [1.165, 1.54) is 13.3 Å². The molecule has 8 heteroatoms. The van der Waals surface area contributed by atoms with Crippen molar-refractivity contribution in [3.8, 4) is 0 Å². The van der Waals surface area contributed by atoms with Crippen LogP contribution in [0.1, 0.15) is 17.4 Å². The molecule has 1 aromatic heterocycles. The van der Waals surface area contributed by atoms with Crippen LogP contribution in [0.3, 0.4) is 0 Å². The van der Waals surface area contributed by atoms with Gasteiger partial charge in [0.25, 0.3) is 5.91 Å². The lowest BCUT2D eigenvalue weighted by Gasteiger charge is -2.32. The molecule has 1 saturated heterocycles. The lowest BCUT2D eigenvalue weighted by atomic mass is 10.2. The number of likely N-dealkylation sites (N-methyl/N-ethyl adjacent to an activating group) is 1. The molecule has 3 rings (SSSR count). The molecule has 1 aromatic carbocycles. The zero-order valence-electron chi connectivity index (χ0n) is 14.9. The van der Waals surface area contributed by atoms with Gasteiger partial charge in [0.05, 0.1) is 0 Å². The second kappa shape index (κ2) is 7.92. The molecular formula is C18H22N6O2. The minimum atomic E-state index is -0.117. The highest BCUT2D eigenvalue weighted by Crippen LogP contribution is 2.18. The molecule has 26 heavy (non-hydrogen) atoms. The molecule has 0 bridgehead atoms. The lowest BCUT2D eigenvalue weighted by molar-refractivity contribution is -0.114. The summed E-state index contributed by atoms with van der Waals surface area (Å²) in [6.45, 7) is 4.59. The van der Waals surface area contributed by atoms with E-state index in [4.69, 9.17) is 0 Å². The van der Waals surface area contributed by atoms with Crippen molar-refractivity contribution < 1.29 is 9.59 Å². The number of aromatic nitrogens is 2. The van der Waals surface area contributed by atoms with Crippen LogP contribution in [0.25, 0.3) is 0 Å². The number of piperazine rings is 1. The fourth-order valence-electron chi connectivity index (χ4n) is 2.70. The average molecular weight is 354 g/mol. The van der Waals surface area contributed by atoms with Gasteiger partial charge in [-0.25, -0.2) is 9.97 Å². The van der Waals surface area contributed by atoms with E-state index in [0.29, 0.717) is 24.6 Å². The highest BCUT2D eigenvalue weighted by Gasteiger charge is 2.21. The Labute approximate surface area is 152 Å². The van der Waals surface area contributed by atoms with E-state index < -0.39 is 0 Å². The quantitative estimate of drug-likeness (QED) is 0.866. The van der Waals surface area contributed by atoms with Gasteiger partial charge in [-0.1, -0.05) is 0 Å². The molecule has 0 atom stereocenters. The molecule has 136 valence electrons. The molecule has 2 heterocycles. The van der Waals surface area contributed by atoms with Crippen LogP contribution in [-0.4, -0.2) is 64.8 Å². The number of carbonyl (C=O) groups excluding carboxylic acids is 2. The Balaban J connectivity index is 1.67. The van der Waals surface area contributed by atoms with E-state index in [-0.39, 0.29) is 11.8 Å². The van der Waals surface area contributed by atoms with Gasteiger partial charge in [0.2, 0.25) is 5.91 Å². The van der Waals surface area contributed by atoms with Crippen molar-refractivity contribution >= 4 is 29.0 Å². The summed E-state index contributed by atoms with van der Waals surface area (Å²) >= 11 is 0. The van der Waals surface area contributed by atoms with Gasteiger partial charge in [-0.05, 0) is 31.3 Å². The Morgan fingerprint density at radius 3 is 2.31 bits per heavy atom. The molecule has 0 unspecified atom stereocenters. The number of carbonyl (C=O) groups is 2. The maximum Gasteiger partial charge on any atom is 0.272 e. The first-order valence-electron chi connectivity index (χ1n) is 8.46. The molecule has 2 aromatic rings. The lowest BCUT2D eigenvalue weighted by Crippen LogP contribution is -2.47. The first-order chi connectivity index (χ1) is 12.5. The van der Waals surface area contributed by atoms with Crippen molar-refractivity contribution in [3.63, 3.8) is 0 Å². The first kappa shape index (κ1) is 17.8. The summed E-state index contributed by atoms with van der Waals surface area (Å²) in [5.41, 5.74) is 1.90. The number of benzene rings is 1. The number of rotatable bonds is 4. The summed E-state index contributed by atoms with van der Waals surface area (Å²) in [6, 6.07) is 8.90. The zero-order chi connectivity index (χ0) is 18.5. The summed E-state index contributed by atoms with van der Waals surface area (Å²) in [6.07, 6.45) is 1.39. The smallest absolute Gasteiger partial charge is 0.272 e. The Bertz CT molecular complexity index is 785. The van der Waals surface area contributed by atoms with Crippen molar-refractivity contribution in [2.24, 2.45) is 0 Å². The van der Waals surface area contributed by atoms with E-state index in [1.807, 2.05) is 24.1 Å². The Morgan fingerprint density at radius 1 is 1.00 bits per heavy atom. The molecule has 0 spiro atoms. The number of anilines is 3. The summed E-state index contributed by atoms with van der Waals surface area (Å²) in [4.78, 5) is 36.0. The first-order valence-corrected chi connectivity index (χ1v) is 8.46. The van der Waals surface area contributed by atoms with Crippen molar-refractivity contribution in [2.75, 3.05) is 43.9 Å². The van der Waals surface area contributed by atoms with Gasteiger partial charge in [-0.3, -0.25) is 9.59 Å². The van der Waals surface area contributed by atoms with Crippen LogP contribution in [0.15, 0.2) is 36.7 Å². The fourth-order valence-corrected chi connectivity index (χ4v) is 2.70. The molecule has 0 saturated carbocycles. The van der Waals surface area contributed by atoms with Crippen LogP contribution in [-0.2, 0) is 4.79 Å². The van der Waals surface area contributed by atoms with Crippen LogP contribution in [0, 0.1) is 0 Å². The van der Waals surface area contributed by atoms with Crippen LogP contribution < -0.4 is 10.6 Å². The van der Waals surface area contributed by atoms with Gasteiger partial charge in [0, 0.05) is 50.5 Å².